The Morgan fingerprint density at radius 1 is 1.06 bits per heavy atom. The Labute approximate surface area is 183 Å². The van der Waals surface area contributed by atoms with Gasteiger partial charge in [0.2, 0.25) is 10.0 Å². The third-order valence-electron chi connectivity index (χ3n) is 5.22. The number of halogens is 2. The van der Waals surface area contributed by atoms with E-state index in [1.165, 1.54) is 44.3 Å². The zero-order valence-electron chi connectivity index (χ0n) is 18.1. The summed E-state index contributed by atoms with van der Waals surface area (Å²) in [5, 5.41) is 4.36. The predicted molar refractivity (Wildman–Crippen MR) is 115 cm³/mol. The maximum Gasteiger partial charge on any atom is 0.242 e. The first kappa shape index (κ1) is 21.9. The molecule has 0 fully saturated rings. The van der Waals surface area contributed by atoms with Crippen LogP contribution in [0.4, 0.5) is 8.78 Å². The van der Waals surface area contributed by atoms with Crippen molar-refractivity contribution in [2.45, 2.75) is 11.8 Å². The average molecular weight is 461 g/mol. The molecule has 0 aliphatic rings. The molecule has 8 nitrogen and oxygen atoms in total. The van der Waals surface area contributed by atoms with Gasteiger partial charge in [-0.05, 0) is 25.1 Å². The summed E-state index contributed by atoms with van der Waals surface area (Å²) in [6.07, 6.45) is 1.47. The van der Waals surface area contributed by atoms with E-state index in [0.717, 1.165) is 16.4 Å². The van der Waals surface area contributed by atoms with E-state index < -0.39 is 21.7 Å². The van der Waals surface area contributed by atoms with Crippen LogP contribution in [0, 0.1) is 18.6 Å². The Hall–Kier alpha value is -3.31. The number of rotatable bonds is 5. The molecule has 4 rings (SSSR count). The maximum atomic E-state index is 14.9. The molecule has 2 heterocycles. The number of benzene rings is 2. The number of aryl methyl sites for hydroxylation is 2. The minimum Gasteiger partial charge on any atom is -0.497 e. The van der Waals surface area contributed by atoms with Gasteiger partial charge in [0, 0.05) is 33.3 Å². The molecule has 0 spiro atoms. The second kappa shape index (κ2) is 7.68. The summed E-state index contributed by atoms with van der Waals surface area (Å²) in [5.41, 5.74) is 1.41. The van der Waals surface area contributed by atoms with E-state index in [9.17, 15) is 17.2 Å². The fraction of sp³-hybridized carbons (Fsp3) is 0.238. The number of hydrogen-bond donors (Lipinski definition) is 0. The van der Waals surface area contributed by atoms with Crippen LogP contribution < -0.4 is 4.74 Å². The van der Waals surface area contributed by atoms with Crippen molar-refractivity contribution in [2.75, 3.05) is 21.2 Å². The lowest BCUT2D eigenvalue weighted by Gasteiger charge is -2.13. The van der Waals surface area contributed by atoms with Crippen LogP contribution in [0.1, 0.15) is 5.69 Å². The topological polar surface area (TPSA) is 82.2 Å². The minimum atomic E-state index is -3.64. The summed E-state index contributed by atoms with van der Waals surface area (Å²) < 4.78 is 63.9. The highest BCUT2D eigenvalue weighted by molar-refractivity contribution is 7.89. The van der Waals surface area contributed by atoms with Crippen LogP contribution in [-0.2, 0) is 17.1 Å². The first-order valence-electron chi connectivity index (χ1n) is 9.53. The lowest BCUT2D eigenvalue weighted by atomic mass is 10.0. The lowest BCUT2D eigenvalue weighted by molar-refractivity contribution is 0.407. The highest BCUT2D eigenvalue weighted by Gasteiger charge is 2.25. The molecule has 2 aromatic heterocycles. The van der Waals surface area contributed by atoms with Crippen molar-refractivity contribution >= 4 is 21.1 Å². The summed E-state index contributed by atoms with van der Waals surface area (Å²) in [7, 11) is 2.23. The van der Waals surface area contributed by atoms with Crippen LogP contribution in [0.5, 0.6) is 5.75 Å². The van der Waals surface area contributed by atoms with Crippen molar-refractivity contribution in [2.24, 2.45) is 7.05 Å². The van der Waals surface area contributed by atoms with Crippen molar-refractivity contribution in [3.63, 3.8) is 0 Å². The van der Waals surface area contributed by atoms with Gasteiger partial charge in [-0.15, -0.1) is 0 Å². The van der Waals surface area contributed by atoms with E-state index in [4.69, 9.17) is 4.74 Å². The molecule has 32 heavy (non-hydrogen) atoms. The quantitative estimate of drug-likeness (QED) is 0.456. The Morgan fingerprint density at radius 2 is 1.72 bits per heavy atom. The summed E-state index contributed by atoms with van der Waals surface area (Å²) >= 11 is 0. The second-order valence-corrected chi connectivity index (χ2v) is 9.58. The normalized spacial score (nSPS) is 12.1. The van der Waals surface area contributed by atoms with Gasteiger partial charge in [-0.1, -0.05) is 0 Å². The molecule has 0 N–H and O–H groups in total. The van der Waals surface area contributed by atoms with E-state index in [-0.39, 0.29) is 21.8 Å². The average Bonchev–Trinajstić information content (AvgIpc) is 3.26. The number of aromatic nitrogens is 4. The molecule has 0 amide bonds. The molecule has 0 unspecified atom stereocenters. The lowest BCUT2D eigenvalue weighted by Crippen LogP contribution is -2.22. The van der Waals surface area contributed by atoms with Gasteiger partial charge in [0.1, 0.15) is 29.5 Å². The SMILES string of the molecule is COc1cc(F)c(-c2c(C)nn(C)c2-n2cnc3cc(S(=O)(=O)N(C)C)ccc32)c(F)c1. The number of sulfonamides is 1. The number of ether oxygens (including phenoxy) is 1. The molecule has 4 aromatic rings. The third kappa shape index (κ3) is 3.33. The summed E-state index contributed by atoms with van der Waals surface area (Å²) in [6.45, 7) is 1.66. The van der Waals surface area contributed by atoms with E-state index in [1.807, 2.05) is 0 Å². The van der Waals surface area contributed by atoms with Gasteiger partial charge < -0.3 is 4.74 Å². The monoisotopic (exact) mass is 461 g/mol. The number of methoxy groups -OCH3 is 1. The molecule has 11 heteroatoms. The van der Waals surface area contributed by atoms with Gasteiger partial charge in [-0.2, -0.15) is 5.10 Å². The van der Waals surface area contributed by atoms with E-state index >= 15 is 0 Å². The molecule has 0 aliphatic carbocycles. The molecular weight excluding hydrogens is 440 g/mol. The highest BCUT2D eigenvalue weighted by atomic mass is 32.2. The number of imidazole rings is 1. The second-order valence-electron chi connectivity index (χ2n) is 7.43. The first-order chi connectivity index (χ1) is 15.1. The summed E-state index contributed by atoms with van der Waals surface area (Å²) in [6, 6.07) is 6.75. The zero-order chi connectivity index (χ0) is 23.4. The smallest absolute Gasteiger partial charge is 0.242 e. The van der Waals surface area contributed by atoms with Crippen LogP contribution in [0.2, 0.25) is 0 Å². The summed E-state index contributed by atoms with van der Waals surface area (Å²) in [4.78, 5) is 4.41. The van der Waals surface area contributed by atoms with Gasteiger partial charge in [0.15, 0.2) is 0 Å². The Kier molecular flexibility index (Phi) is 5.25. The molecule has 0 bridgehead atoms. The Bertz CT molecular complexity index is 1430. The number of nitrogens with zero attached hydrogens (tertiary/aromatic N) is 5. The predicted octanol–water partition coefficient (Wildman–Crippen LogP) is 3.27. The van der Waals surface area contributed by atoms with Crippen LogP contribution in [-0.4, -0.2) is 53.3 Å². The van der Waals surface area contributed by atoms with Crippen molar-refractivity contribution in [1.29, 1.82) is 0 Å². The molecular formula is C21H21F2N5O3S. The minimum absolute atomic E-state index is 0.0644. The van der Waals surface area contributed by atoms with Crippen LogP contribution in [0.3, 0.4) is 0 Å². The van der Waals surface area contributed by atoms with Crippen LogP contribution in [0.15, 0.2) is 41.6 Å². The van der Waals surface area contributed by atoms with Crippen LogP contribution in [0.25, 0.3) is 28.0 Å². The molecule has 2 aromatic carbocycles. The Balaban J connectivity index is 1.95. The van der Waals surface area contributed by atoms with Crippen LogP contribution >= 0.6 is 0 Å². The fourth-order valence-electron chi connectivity index (χ4n) is 3.65. The standard InChI is InChI=1S/C21H21F2N5O3S/c1-12-19(20-15(22)8-13(31-5)9-16(20)23)21(27(4)25-12)28-11-24-17-10-14(6-7-18(17)28)32(29,30)26(2)3/h6-11H,1-5H3. The molecule has 0 saturated carbocycles. The van der Waals surface area contributed by atoms with Crippen molar-refractivity contribution in [1.82, 2.24) is 23.6 Å². The number of hydrogen-bond acceptors (Lipinski definition) is 5. The van der Waals surface area contributed by atoms with Crippen molar-refractivity contribution in [3.8, 4) is 22.7 Å². The first-order valence-corrected chi connectivity index (χ1v) is 11.0. The highest BCUT2D eigenvalue weighted by Crippen LogP contribution is 2.37. The summed E-state index contributed by atoms with van der Waals surface area (Å²) in [5.74, 6) is -1.13. The molecule has 0 aliphatic heterocycles. The van der Waals surface area contributed by atoms with E-state index in [0.29, 0.717) is 22.5 Å². The van der Waals surface area contributed by atoms with E-state index in [2.05, 4.69) is 10.1 Å². The van der Waals surface area contributed by atoms with Crippen molar-refractivity contribution < 1.29 is 21.9 Å². The largest absolute Gasteiger partial charge is 0.497 e. The Morgan fingerprint density at radius 3 is 2.31 bits per heavy atom. The van der Waals surface area contributed by atoms with Gasteiger partial charge in [0.05, 0.1) is 39.9 Å². The van der Waals surface area contributed by atoms with Gasteiger partial charge in [0.25, 0.3) is 0 Å². The third-order valence-corrected chi connectivity index (χ3v) is 7.03. The van der Waals surface area contributed by atoms with Gasteiger partial charge >= 0.3 is 0 Å². The molecule has 168 valence electrons. The maximum absolute atomic E-state index is 14.9. The van der Waals surface area contributed by atoms with E-state index in [1.54, 1.807) is 24.6 Å². The fourth-order valence-corrected chi connectivity index (χ4v) is 4.58. The zero-order valence-corrected chi connectivity index (χ0v) is 18.9. The van der Waals surface area contributed by atoms with Crippen molar-refractivity contribution in [3.05, 3.63) is 54.0 Å². The molecule has 0 radical (unpaired) electrons. The van der Waals surface area contributed by atoms with Gasteiger partial charge in [-0.25, -0.2) is 26.5 Å². The molecule has 0 atom stereocenters. The number of fused-ring (bicyclic) bond motifs is 1. The molecule has 0 saturated heterocycles. The van der Waals surface area contributed by atoms with Gasteiger partial charge in [-0.3, -0.25) is 9.25 Å².